The second-order valence-corrected chi connectivity index (χ2v) is 4.64. The summed E-state index contributed by atoms with van der Waals surface area (Å²) in [5, 5.41) is 3.47. The summed E-state index contributed by atoms with van der Waals surface area (Å²) in [6.45, 7) is 4.96. The van der Waals surface area contributed by atoms with E-state index in [0.717, 1.165) is 32.4 Å². The molecule has 0 aromatic heterocycles. The minimum atomic E-state index is -0.411. The van der Waals surface area contributed by atoms with Crippen LogP contribution in [0.4, 0.5) is 4.39 Å². The Balaban J connectivity index is 2.05. The van der Waals surface area contributed by atoms with Crippen LogP contribution in [0.15, 0.2) is 18.2 Å². The fourth-order valence-corrected chi connectivity index (χ4v) is 1.76. The molecule has 2 nitrogen and oxygen atoms in total. The summed E-state index contributed by atoms with van der Waals surface area (Å²) < 4.78 is 18.4. The largest absolute Gasteiger partial charge is 0.494 e. The van der Waals surface area contributed by atoms with Gasteiger partial charge in [-0.1, -0.05) is 18.5 Å². The Hall–Kier alpha value is -0.800. The van der Waals surface area contributed by atoms with E-state index in [1.165, 1.54) is 18.6 Å². The van der Waals surface area contributed by atoms with Crippen molar-refractivity contribution >= 4 is 11.6 Å². The molecule has 4 heteroatoms. The van der Waals surface area contributed by atoms with Crippen molar-refractivity contribution in [2.75, 3.05) is 19.7 Å². The van der Waals surface area contributed by atoms with Crippen LogP contribution in [0.5, 0.6) is 5.75 Å². The third kappa shape index (κ3) is 6.22. The average molecular weight is 274 g/mol. The number of unbranched alkanes of at least 4 members (excludes halogenated alkanes) is 2. The van der Waals surface area contributed by atoms with Crippen LogP contribution >= 0.6 is 11.6 Å². The van der Waals surface area contributed by atoms with Gasteiger partial charge in [0.15, 0.2) is 0 Å². The monoisotopic (exact) mass is 273 g/mol. The van der Waals surface area contributed by atoms with Crippen molar-refractivity contribution in [3.05, 3.63) is 29.0 Å². The smallest absolute Gasteiger partial charge is 0.142 e. The Morgan fingerprint density at radius 2 is 2.06 bits per heavy atom. The summed E-state index contributed by atoms with van der Waals surface area (Å²) in [7, 11) is 0. The minimum absolute atomic E-state index is 0.108. The van der Waals surface area contributed by atoms with Crippen LogP contribution in [0.25, 0.3) is 0 Å². The van der Waals surface area contributed by atoms with Gasteiger partial charge in [0.25, 0.3) is 0 Å². The molecule has 1 aromatic carbocycles. The zero-order valence-corrected chi connectivity index (χ0v) is 11.6. The molecule has 0 atom stereocenters. The summed E-state index contributed by atoms with van der Waals surface area (Å²) in [5.41, 5.74) is 0. The number of rotatable bonds is 9. The molecule has 1 rings (SSSR count). The molecular formula is C14H21ClFNO. The molecule has 0 saturated carbocycles. The van der Waals surface area contributed by atoms with E-state index >= 15 is 0 Å². The van der Waals surface area contributed by atoms with Crippen LogP contribution in [0.1, 0.15) is 32.6 Å². The standard InChI is InChI=1S/C14H21ClFNO/c1-2-8-17-9-4-3-5-10-18-12-6-7-14(16)13(15)11-12/h6-7,11,17H,2-5,8-10H2,1H3. The van der Waals surface area contributed by atoms with Crippen LogP contribution in [0.3, 0.4) is 0 Å². The van der Waals surface area contributed by atoms with Gasteiger partial charge in [-0.3, -0.25) is 0 Å². The van der Waals surface area contributed by atoms with Crippen LogP contribution in [0, 0.1) is 5.82 Å². The van der Waals surface area contributed by atoms with Gasteiger partial charge in [-0.2, -0.15) is 0 Å². The zero-order chi connectivity index (χ0) is 13.2. The first-order valence-corrected chi connectivity index (χ1v) is 6.90. The van der Waals surface area contributed by atoms with Gasteiger partial charge >= 0.3 is 0 Å². The Kier molecular flexibility index (Phi) is 7.78. The van der Waals surface area contributed by atoms with E-state index < -0.39 is 5.82 Å². The minimum Gasteiger partial charge on any atom is -0.494 e. The topological polar surface area (TPSA) is 21.3 Å². The lowest BCUT2D eigenvalue weighted by molar-refractivity contribution is 0.304. The van der Waals surface area contributed by atoms with E-state index in [9.17, 15) is 4.39 Å². The highest BCUT2D eigenvalue weighted by atomic mass is 35.5. The van der Waals surface area contributed by atoms with E-state index in [1.54, 1.807) is 6.07 Å². The molecule has 0 bridgehead atoms. The zero-order valence-electron chi connectivity index (χ0n) is 10.8. The van der Waals surface area contributed by atoms with E-state index in [2.05, 4.69) is 12.2 Å². The molecule has 0 unspecified atom stereocenters. The first kappa shape index (κ1) is 15.3. The van der Waals surface area contributed by atoms with Crippen molar-refractivity contribution in [2.45, 2.75) is 32.6 Å². The second kappa shape index (κ2) is 9.17. The van der Waals surface area contributed by atoms with Gasteiger partial charge in [-0.25, -0.2) is 4.39 Å². The molecule has 1 N–H and O–H groups in total. The number of nitrogens with one attached hydrogen (secondary N) is 1. The van der Waals surface area contributed by atoms with E-state index in [1.807, 2.05) is 0 Å². The molecule has 0 fully saturated rings. The van der Waals surface area contributed by atoms with Crippen LogP contribution in [-0.4, -0.2) is 19.7 Å². The highest BCUT2D eigenvalue weighted by Crippen LogP contribution is 2.21. The predicted octanol–water partition coefficient (Wildman–Crippen LogP) is 4.03. The molecular weight excluding hydrogens is 253 g/mol. The third-order valence-corrected chi connectivity index (χ3v) is 2.87. The van der Waals surface area contributed by atoms with Gasteiger partial charge in [-0.15, -0.1) is 0 Å². The summed E-state index contributed by atoms with van der Waals surface area (Å²) in [6, 6.07) is 4.44. The maximum absolute atomic E-state index is 12.9. The fourth-order valence-electron chi connectivity index (χ4n) is 1.59. The highest BCUT2D eigenvalue weighted by Gasteiger charge is 2.01. The van der Waals surface area contributed by atoms with Gasteiger partial charge in [0.1, 0.15) is 11.6 Å². The van der Waals surface area contributed by atoms with Crippen molar-refractivity contribution in [1.82, 2.24) is 5.32 Å². The predicted molar refractivity (Wildman–Crippen MR) is 73.9 cm³/mol. The second-order valence-electron chi connectivity index (χ2n) is 4.24. The Bertz CT molecular complexity index is 347. The van der Waals surface area contributed by atoms with Gasteiger partial charge in [0.05, 0.1) is 11.6 Å². The molecule has 0 aliphatic rings. The highest BCUT2D eigenvalue weighted by molar-refractivity contribution is 6.30. The Morgan fingerprint density at radius 3 is 2.78 bits per heavy atom. The maximum atomic E-state index is 12.9. The lowest BCUT2D eigenvalue weighted by Crippen LogP contribution is -2.15. The van der Waals surface area contributed by atoms with Gasteiger partial charge in [0, 0.05) is 6.07 Å². The lowest BCUT2D eigenvalue weighted by Gasteiger charge is -2.07. The SMILES string of the molecule is CCCNCCCCCOc1ccc(F)c(Cl)c1. The van der Waals surface area contributed by atoms with E-state index in [-0.39, 0.29) is 5.02 Å². The van der Waals surface area contributed by atoms with Crippen molar-refractivity contribution in [3.63, 3.8) is 0 Å². The van der Waals surface area contributed by atoms with Gasteiger partial charge in [0.2, 0.25) is 0 Å². The van der Waals surface area contributed by atoms with Crippen LogP contribution in [0.2, 0.25) is 5.02 Å². The van der Waals surface area contributed by atoms with Crippen molar-refractivity contribution in [3.8, 4) is 5.75 Å². The lowest BCUT2D eigenvalue weighted by atomic mass is 10.2. The maximum Gasteiger partial charge on any atom is 0.142 e. The molecule has 0 heterocycles. The molecule has 0 aliphatic carbocycles. The molecule has 0 spiro atoms. The number of ether oxygens (including phenoxy) is 1. The summed E-state index contributed by atoms with van der Waals surface area (Å²) >= 11 is 5.66. The van der Waals surface area contributed by atoms with Crippen molar-refractivity contribution in [2.24, 2.45) is 0 Å². The van der Waals surface area contributed by atoms with Crippen LogP contribution in [-0.2, 0) is 0 Å². The molecule has 0 saturated heterocycles. The molecule has 0 amide bonds. The third-order valence-electron chi connectivity index (χ3n) is 2.58. The Morgan fingerprint density at radius 1 is 1.22 bits per heavy atom. The first-order chi connectivity index (χ1) is 8.74. The molecule has 0 aliphatic heterocycles. The molecule has 1 aromatic rings. The normalized spacial score (nSPS) is 10.6. The Labute approximate surface area is 113 Å². The number of hydrogen-bond donors (Lipinski definition) is 1. The average Bonchev–Trinajstić information content (AvgIpc) is 2.37. The van der Waals surface area contributed by atoms with Gasteiger partial charge in [-0.05, 0) is 50.9 Å². The first-order valence-electron chi connectivity index (χ1n) is 6.52. The number of hydrogen-bond acceptors (Lipinski definition) is 2. The van der Waals surface area contributed by atoms with E-state index in [4.69, 9.17) is 16.3 Å². The van der Waals surface area contributed by atoms with Crippen LogP contribution < -0.4 is 10.1 Å². The summed E-state index contributed by atoms with van der Waals surface area (Å²) in [5.74, 6) is 0.219. The molecule has 18 heavy (non-hydrogen) atoms. The number of halogens is 2. The quantitative estimate of drug-likeness (QED) is 0.686. The molecule has 102 valence electrons. The fraction of sp³-hybridized carbons (Fsp3) is 0.571. The molecule has 0 radical (unpaired) electrons. The van der Waals surface area contributed by atoms with E-state index in [0.29, 0.717) is 12.4 Å². The van der Waals surface area contributed by atoms with Crippen molar-refractivity contribution < 1.29 is 9.13 Å². The summed E-state index contributed by atoms with van der Waals surface area (Å²) in [4.78, 5) is 0. The van der Waals surface area contributed by atoms with Crippen molar-refractivity contribution in [1.29, 1.82) is 0 Å². The summed E-state index contributed by atoms with van der Waals surface area (Å²) in [6.07, 6.45) is 4.47. The van der Waals surface area contributed by atoms with Gasteiger partial charge < -0.3 is 10.1 Å². The number of benzene rings is 1.